The van der Waals surface area contributed by atoms with E-state index in [9.17, 15) is 4.79 Å². The second-order valence-corrected chi connectivity index (χ2v) is 6.34. The molecule has 2 aliphatic rings. The van der Waals surface area contributed by atoms with E-state index in [1.54, 1.807) is 0 Å². The molecule has 4 nitrogen and oxygen atoms in total. The maximum Gasteiger partial charge on any atom is 0.228 e. The van der Waals surface area contributed by atoms with Crippen molar-refractivity contribution in [2.75, 3.05) is 36.5 Å². The summed E-state index contributed by atoms with van der Waals surface area (Å²) in [5, 5.41) is 3.51. The molecule has 0 radical (unpaired) electrons. The fourth-order valence-electron chi connectivity index (χ4n) is 3.45. The standard InChI is InChI=1S/C17H25N3O/c1-13-6-5-9-18-14(13)12-17(21)20-11-10-19(2)15-7-3-4-8-16(15)20/h3-4,7-8,13-14,18H,5-6,9-12H2,1-2H3. The summed E-state index contributed by atoms with van der Waals surface area (Å²) in [5.41, 5.74) is 2.21. The Morgan fingerprint density at radius 2 is 2.05 bits per heavy atom. The van der Waals surface area contributed by atoms with Gasteiger partial charge in [-0.2, -0.15) is 0 Å². The van der Waals surface area contributed by atoms with Gasteiger partial charge in [0.25, 0.3) is 0 Å². The fraction of sp³-hybridized carbons (Fsp3) is 0.588. The van der Waals surface area contributed by atoms with E-state index in [1.165, 1.54) is 12.8 Å². The number of hydrogen-bond acceptors (Lipinski definition) is 3. The van der Waals surface area contributed by atoms with E-state index in [4.69, 9.17) is 0 Å². The maximum atomic E-state index is 12.7. The molecule has 2 unspecified atom stereocenters. The molecular weight excluding hydrogens is 262 g/mol. The Bertz CT molecular complexity index is 517. The highest BCUT2D eigenvalue weighted by Gasteiger charge is 2.29. The normalized spacial score (nSPS) is 25.6. The molecule has 2 atom stereocenters. The molecule has 2 heterocycles. The van der Waals surface area contributed by atoms with Gasteiger partial charge in [-0.15, -0.1) is 0 Å². The number of para-hydroxylation sites is 2. The lowest BCUT2D eigenvalue weighted by Crippen LogP contribution is -2.47. The Balaban J connectivity index is 1.75. The summed E-state index contributed by atoms with van der Waals surface area (Å²) in [6.45, 7) is 4.98. The Morgan fingerprint density at radius 1 is 1.29 bits per heavy atom. The number of rotatable bonds is 2. The third-order valence-electron chi connectivity index (χ3n) is 4.87. The minimum atomic E-state index is 0.252. The molecule has 3 rings (SSSR count). The lowest BCUT2D eigenvalue weighted by atomic mass is 9.90. The van der Waals surface area contributed by atoms with E-state index in [0.29, 0.717) is 18.4 Å². The van der Waals surface area contributed by atoms with Crippen molar-refractivity contribution in [1.29, 1.82) is 0 Å². The molecule has 1 aromatic carbocycles. The number of hydrogen-bond donors (Lipinski definition) is 1. The smallest absolute Gasteiger partial charge is 0.228 e. The molecule has 21 heavy (non-hydrogen) atoms. The summed E-state index contributed by atoms with van der Waals surface area (Å²) < 4.78 is 0. The van der Waals surface area contributed by atoms with Gasteiger partial charge < -0.3 is 15.1 Å². The van der Waals surface area contributed by atoms with Crippen molar-refractivity contribution in [2.24, 2.45) is 5.92 Å². The minimum Gasteiger partial charge on any atom is -0.371 e. The summed E-state index contributed by atoms with van der Waals surface area (Å²) in [6, 6.07) is 8.53. The number of nitrogens with zero attached hydrogens (tertiary/aromatic N) is 2. The topological polar surface area (TPSA) is 35.6 Å². The third kappa shape index (κ3) is 2.91. The molecule has 1 saturated heterocycles. The van der Waals surface area contributed by atoms with Crippen LogP contribution < -0.4 is 15.1 Å². The number of likely N-dealkylation sites (N-methyl/N-ethyl adjacent to an activating group) is 1. The molecule has 114 valence electrons. The summed E-state index contributed by atoms with van der Waals surface area (Å²) in [7, 11) is 2.09. The molecule has 1 aromatic rings. The van der Waals surface area contributed by atoms with E-state index < -0.39 is 0 Å². The van der Waals surface area contributed by atoms with Crippen LogP contribution in [0.3, 0.4) is 0 Å². The number of carbonyl (C=O) groups is 1. The monoisotopic (exact) mass is 287 g/mol. The molecule has 0 aromatic heterocycles. The van der Waals surface area contributed by atoms with Gasteiger partial charge in [0.05, 0.1) is 11.4 Å². The Hall–Kier alpha value is -1.55. The molecule has 0 saturated carbocycles. The van der Waals surface area contributed by atoms with Crippen molar-refractivity contribution in [2.45, 2.75) is 32.2 Å². The highest BCUT2D eigenvalue weighted by atomic mass is 16.2. The molecule has 2 aliphatic heterocycles. The van der Waals surface area contributed by atoms with Crippen LogP contribution in [0.15, 0.2) is 24.3 Å². The largest absolute Gasteiger partial charge is 0.371 e. The first-order valence-electron chi connectivity index (χ1n) is 8.00. The molecular formula is C17H25N3O. The van der Waals surface area contributed by atoms with Gasteiger partial charge in [0.1, 0.15) is 0 Å². The number of nitrogens with one attached hydrogen (secondary N) is 1. The van der Waals surface area contributed by atoms with Crippen LogP contribution in [0.5, 0.6) is 0 Å². The SMILES string of the molecule is CC1CCCNC1CC(=O)N1CCN(C)c2ccccc21. The van der Waals surface area contributed by atoms with E-state index in [1.807, 2.05) is 17.0 Å². The van der Waals surface area contributed by atoms with Crippen LogP contribution in [0.2, 0.25) is 0 Å². The average molecular weight is 287 g/mol. The molecule has 1 fully saturated rings. The summed E-state index contributed by atoms with van der Waals surface area (Å²) in [5.74, 6) is 0.840. The maximum absolute atomic E-state index is 12.7. The van der Waals surface area contributed by atoms with Gasteiger partial charge in [0.2, 0.25) is 5.91 Å². The van der Waals surface area contributed by atoms with Crippen LogP contribution in [0.4, 0.5) is 11.4 Å². The summed E-state index contributed by atoms with van der Waals surface area (Å²) in [6.07, 6.45) is 3.06. The molecule has 4 heteroatoms. The number of carbonyl (C=O) groups excluding carboxylic acids is 1. The molecule has 1 amide bonds. The second-order valence-electron chi connectivity index (χ2n) is 6.34. The van der Waals surface area contributed by atoms with Crippen molar-refractivity contribution in [3.05, 3.63) is 24.3 Å². The predicted molar refractivity (Wildman–Crippen MR) is 86.9 cm³/mol. The van der Waals surface area contributed by atoms with Crippen molar-refractivity contribution in [1.82, 2.24) is 5.32 Å². The zero-order valence-corrected chi connectivity index (χ0v) is 13.0. The molecule has 0 spiro atoms. The average Bonchev–Trinajstić information content (AvgIpc) is 2.50. The van der Waals surface area contributed by atoms with Crippen LogP contribution in [0, 0.1) is 5.92 Å². The number of anilines is 2. The van der Waals surface area contributed by atoms with Crippen molar-refractivity contribution < 1.29 is 4.79 Å². The van der Waals surface area contributed by atoms with Gasteiger partial charge in [-0.25, -0.2) is 0 Å². The number of piperidine rings is 1. The number of fused-ring (bicyclic) bond motifs is 1. The first kappa shape index (κ1) is 14.4. The van der Waals surface area contributed by atoms with Crippen molar-refractivity contribution in [3.8, 4) is 0 Å². The van der Waals surface area contributed by atoms with Gasteiger partial charge >= 0.3 is 0 Å². The fourth-order valence-corrected chi connectivity index (χ4v) is 3.45. The van der Waals surface area contributed by atoms with Gasteiger partial charge in [0, 0.05) is 32.6 Å². The van der Waals surface area contributed by atoms with Crippen LogP contribution in [-0.4, -0.2) is 38.6 Å². The molecule has 0 bridgehead atoms. The predicted octanol–water partition coefficient (Wildman–Crippen LogP) is 2.25. The minimum absolute atomic E-state index is 0.252. The lowest BCUT2D eigenvalue weighted by molar-refractivity contribution is -0.119. The lowest BCUT2D eigenvalue weighted by Gasteiger charge is -2.37. The van der Waals surface area contributed by atoms with Gasteiger partial charge in [0.15, 0.2) is 0 Å². The number of amides is 1. The zero-order valence-electron chi connectivity index (χ0n) is 13.0. The van der Waals surface area contributed by atoms with Crippen LogP contribution in [0.25, 0.3) is 0 Å². The van der Waals surface area contributed by atoms with E-state index >= 15 is 0 Å². The van der Waals surface area contributed by atoms with Gasteiger partial charge in [-0.05, 0) is 37.4 Å². The van der Waals surface area contributed by atoms with Crippen LogP contribution in [0.1, 0.15) is 26.2 Å². The van der Waals surface area contributed by atoms with E-state index in [0.717, 1.165) is 31.0 Å². The van der Waals surface area contributed by atoms with Gasteiger partial charge in [-0.3, -0.25) is 4.79 Å². The first-order chi connectivity index (χ1) is 10.2. The third-order valence-corrected chi connectivity index (χ3v) is 4.87. The highest BCUT2D eigenvalue weighted by Crippen LogP contribution is 2.32. The van der Waals surface area contributed by atoms with Crippen molar-refractivity contribution in [3.63, 3.8) is 0 Å². The molecule has 0 aliphatic carbocycles. The van der Waals surface area contributed by atoms with E-state index in [2.05, 4.69) is 36.3 Å². The number of benzene rings is 1. The summed E-state index contributed by atoms with van der Waals surface area (Å²) in [4.78, 5) is 16.9. The van der Waals surface area contributed by atoms with Gasteiger partial charge in [-0.1, -0.05) is 19.1 Å². The Labute approximate surface area is 127 Å². The second kappa shape index (κ2) is 6.06. The van der Waals surface area contributed by atoms with E-state index in [-0.39, 0.29) is 5.91 Å². The van der Waals surface area contributed by atoms with Crippen LogP contribution in [-0.2, 0) is 4.79 Å². The van der Waals surface area contributed by atoms with Crippen molar-refractivity contribution >= 4 is 17.3 Å². The Morgan fingerprint density at radius 3 is 2.81 bits per heavy atom. The molecule has 1 N–H and O–H groups in total. The van der Waals surface area contributed by atoms with Crippen LogP contribution >= 0.6 is 0 Å². The highest BCUT2D eigenvalue weighted by molar-refractivity contribution is 5.98. The quantitative estimate of drug-likeness (QED) is 0.906. The first-order valence-corrected chi connectivity index (χ1v) is 8.00. The zero-order chi connectivity index (χ0) is 14.8. The Kier molecular flexibility index (Phi) is 4.15. The summed E-state index contributed by atoms with van der Waals surface area (Å²) >= 11 is 0.